The molecule has 0 heterocycles. The Morgan fingerprint density at radius 3 is 1.21 bits per heavy atom. The van der Waals surface area contributed by atoms with Crippen molar-refractivity contribution < 1.29 is 19.1 Å². The Balaban J connectivity index is 1.37. The molecule has 5 rings (SSSR count). The summed E-state index contributed by atoms with van der Waals surface area (Å²) in [6, 6.07) is 41.7. The van der Waals surface area contributed by atoms with Crippen molar-refractivity contribution in [1.29, 1.82) is 0 Å². The fourth-order valence-electron chi connectivity index (χ4n) is 5.26. The van der Waals surface area contributed by atoms with Gasteiger partial charge in [-0.1, -0.05) is 131 Å². The number of esters is 2. The van der Waals surface area contributed by atoms with E-state index in [1.807, 2.05) is 72.8 Å². The van der Waals surface area contributed by atoms with Gasteiger partial charge < -0.3 is 9.47 Å². The number of benzene rings is 5. The molecule has 5 aromatic carbocycles. The van der Waals surface area contributed by atoms with Gasteiger partial charge in [0.25, 0.3) is 0 Å². The SMILES string of the molecule is CC(C)(c1ccccc1)c1ccccc1OC(=O)c1cccc(C(=O)Oc2ccccc2C(C)(C)c2ccccc2)c1. The summed E-state index contributed by atoms with van der Waals surface area (Å²) in [5, 5.41) is 0. The van der Waals surface area contributed by atoms with E-state index in [4.69, 9.17) is 9.47 Å². The Morgan fingerprint density at radius 2 is 0.810 bits per heavy atom. The molecule has 0 aliphatic rings. The maximum Gasteiger partial charge on any atom is 0.343 e. The van der Waals surface area contributed by atoms with Crippen LogP contribution in [-0.4, -0.2) is 11.9 Å². The standard InChI is InChI=1S/C38H34O4/c1-37(2,29-18-7-5-8-19-29)31-22-11-13-24-33(31)41-35(39)27-16-15-17-28(26-27)36(40)42-34-25-14-12-23-32(34)38(3,4)30-20-9-6-10-21-30/h5-26H,1-4H3. The highest BCUT2D eigenvalue weighted by atomic mass is 16.5. The van der Waals surface area contributed by atoms with Gasteiger partial charge in [-0.3, -0.25) is 0 Å². The minimum Gasteiger partial charge on any atom is -0.423 e. The van der Waals surface area contributed by atoms with E-state index in [0.29, 0.717) is 11.5 Å². The zero-order valence-electron chi connectivity index (χ0n) is 24.3. The van der Waals surface area contributed by atoms with Gasteiger partial charge in [0.2, 0.25) is 0 Å². The van der Waals surface area contributed by atoms with Gasteiger partial charge in [0.05, 0.1) is 11.1 Å². The van der Waals surface area contributed by atoms with Crippen LogP contribution < -0.4 is 9.47 Å². The summed E-state index contributed by atoms with van der Waals surface area (Å²) in [6.45, 7) is 8.40. The molecule has 0 saturated carbocycles. The van der Waals surface area contributed by atoms with E-state index in [-0.39, 0.29) is 11.1 Å². The number of hydrogen-bond donors (Lipinski definition) is 0. The second kappa shape index (κ2) is 11.9. The smallest absolute Gasteiger partial charge is 0.343 e. The zero-order chi connectivity index (χ0) is 29.7. The maximum atomic E-state index is 13.3. The van der Waals surface area contributed by atoms with Crippen molar-refractivity contribution in [3.05, 3.63) is 167 Å². The molecule has 0 amide bonds. The van der Waals surface area contributed by atoms with E-state index in [1.54, 1.807) is 30.3 Å². The van der Waals surface area contributed by atoms with Crippen LogP contribution >= 0.6 is 0 Å². The summed E-state index contributed by atoms with van der Waals surface area (Å²) in [5.74, 6) is -0.152. The lowest BCUT2D eigenvalue weighted by Gasteiger charge is -2.28. The number of carbonyl (C=O) groups excluding carboxylic acids is 2. The highest BCUT2D eigenvalue weighted by Gasteiger charge is 2.29. The van der Waals surface area contributed by atoms with Crippen molar-refractivity contribution in [2.45, 2.75) is 38.5 Å². The molecule has 0 aliphatic carbocycles. The summed E-state index contributed by atoms with van der Waals surface area (Å²) in [4.78, 5) is 26.7. The van der Waals surface area contributed by atoms with Crippen molar-refractivity contribution in [3.63, 3.8) is 0 Å². The Bertz CT molecular complexity index is 1580. The summed E-state index contributed by atoms with van der Waals surface area (Å²) < 4.78 is 11.8. The van der Waals surface area contributed by atoms with Gasteiger partial charge in [-0.15, -0.1) is 0 Å². The van der Waals surface area contributed by atoms with Crippen molar-refractivity contribution in [2.24, 2.45) is 0 Å². The first-order valence-corrected chi connectivity index (χ1v) is 14.0. The molecular formula is C38H34O4. The molecule has 0 bridgehead atoms. The molecule has 0 saturated heterocycles. The molecule has 0 unspecified atom stereocenters. The third kappa shape index (κ3) is 5.89. The molecule has 0 fully saturated rings. The van der Waals surface area contributed by atoms with E-state index in [1.165, 1.54) is 6.07 Å². The van der Waals surface area contributed by atoms with Crippen LogP contribution in [0.5, 0.6) is 11.5 Å². The molecule has 0 spiro atoms. The Morgan fingerprint density at radius 1 is 0.452 bits per heavy atom. The average Bonchev–Trinajstić information content (AvgIpc) is 3.02. The largest absolute Gasteiger partial charge is 0.423 e. The Hall–Kier alpha value is -4.96. The highest BCUT2D eigenvalue weighted by molar-refractivity contribution is 5.97. The molecule has 0 radical (unpaired) electrons. The third-order valence-corrected chi connectivity index (χ3v) is 7.85. The Kier molecular flexibility index (Phi) is 8.08. The second-order valence-corrected chi connectivity index (χ2v) is 11.3. The third-order valence-electron chi connectivity index (χ3n) is 7.85. The fraction of sp³-hybridized carbons (Fsp3) is 0.158. The quantitative estimate of drug-likeness (QED) is 0.142. The van der Waals surface area contributed by atoms with Crippen LogP contribution in [0.25, 0.3) is 0 Å². The van der Waals surface area contributed by atoms with E-state index in [9.17, 15) is 9.59 Å². The normalized spacial score (nSPS) is 11.5. The number of rotatable bonds is 8. The molecule has 4 nitrogen and oxygen atoms in total. The fourth-order valence-corrected chi connectivity index (χ4v) is 5.26. The van der Waals surface area contributed by atoms with E-state index in [2.05, 4.69) is 52.0 Å². The van der Waals surface area contributed by atoms with Crippen molar-refractivity contribution in [2.75, 3.05) is 0 Å². The van der Waals surface area contributed by atoms with Gasteiger partial charge in [-0.2, -0.15) is 0 Å². The van der Waals surface area contributed by atoms with Gasteiger partial charge in [0, 0.05) is 22.0 Å². The molecule has 5 aromatic rings. The van der Waals surface area contributed by atoms with Crippen LogP contribution in [0.15, 0.2) is 133 Å². The maximum absolute atomic E-state index is 13.3. The van der Waals surface area contributed by atoms with Crippen LogP contribution in [0.3, 0.4) is 0 Å². The van der Waals surface area contributed by atoms with Gasteiger partial charge in [-0.05, 0) is 41.5 Å². The summed E-state index contributed by atoms with van der Waals surface area (Å²) in [6.07, 6.45) is 0. The molecule has 210 valence electrons. The van der Waals surface area contributed by atoms with E-state index < -0.39 is 22.8 Å². The lowest BCUT2D eigenvalue weighted by molar-refractivity contribution is 0.0731. The van der Waals surface area contributed by atoms with Crippen LogP contribution in [0.2, 0.25) is 0 Å². The Labute approximate surface area is 247 Å². The number of para-hydroxylation sites is 2. The first-order valence-electron chi connectivity index (χ1n) is 14.0. The van der Waals surface area contributed by atoms with Gasteiger partial charge in [0.1, 0.15) is 11.5 Å². The predicted molar refractivity (Wildman–Crippen MR) is 166 cm³/mol. The van der Waals surface area contributed by atoms with Crippen molar-refractivity contribution in [3.8, 4) is 11.5 Å². The topological polar surface area (TPSA) is 52.6 Å². The number of carbonyl (C=O) groups is 2. The molecule has 0 atom stereocenters. The monoisotopic (exact) mass is 554 g/mol. The van der Waals surface area contributed by atoms with Crippen molar-refractivity contribution in [1.82, 2.24) is 0 Å². The molecule has 0 aromatic heterocycles. The second-order valence-electron chi connectivity index (χ2n) is 11.3. The zero-order valence-corrected chi connectivity index (χ0v) is 24.3. The van der Waals surface area contributed by atoms with Crippen LogP contribution in [0.1, 0.15) is 70.7 Å². The predicted octanol–water partition coefficient (Wildman–Crippen LogP) is 8.78. The summed E-state index contributed by atoms with van der Waals surface area (Å²) in [7, 11) is 0. The number of hydrogen-bond acceptors (Lipinski definition) is 4. The van der Waals surface area contributed by atoms with Crippen molar-refractivity contribution >= 4 is 11.9 Å². The average molecular weight is 555 g/mol. The van der Waals surface area contributed by atoms with Crippen LogP contribution in [-0.2, 0) is 10.8 Å². The van der Waals surface area contributed by atoms with Gasteiger partial charge in [0.15, 0.2) is 0 Å². The van der Waals surface area contributed by atoms with Crippen LogP contribution in [0, 0.1) is 0 Å². The first kappa shape index (κ1) is 28.6. The lowest BCUT2D eigenvalue weighted by Crippen LogP contribution is -2.22. The molecular weight excluding hydrogens is 520 g/mol. The minimum atomic E-state index is -0.549. The summed E-state index contributed by atoms with van der Waals surface area (Å²) in [5.41, 5.74) is 3.71. The van der Waals surface area contributed by atoms with E-state index in [0.717, 1.165) is 22.3 Å². The van der Waals surface area contributed by atoms with E-state index >= 15 is 0 Å². The first-order chi connectivity index (χ1) is 20.2. The molecule has 0 N–H and O–H groups in total. The molecule has 0 aliphatic heterocycles. The minimum absolute atomic E-state index is 0.259. The van der Waals surface area contributed by atoms with Gasteiger partial charge in [-0.25, -0.2) is 9.59 Å². The van der Waals surface area contributed by atoms with Gasteiger partial charge >= 0.3 is 11.9 Å². The highest BCUT2D eigenvalue weighted by Crippen LogP contribution is 2.38. The lowest BCUT2D eigenvalue weighted by atomic mass is 9.78. The summed E-state index contributed by atoms with van der Waals surface area (Å²) >= 11 is 0. The number of ether oxygens (including phenoxy) is 2. The molecule has 42 heavy (non-hydrogen) atoms. The molecule has 4 heteroatoms. The van der Waals surface area contributed by atoms with Crippen LogP contribution in [0.4, 0.5) is 0 Å².